The van der Waals surface area contributed by atoms with Crippen molar-refractivity contribution in [2.24, 2.45) is 5.92 Å². The molecule has 0 bridgehead atoms. The summed E-state index contributed by atoms with van der Waals surface area (Å²) in [6, 6.07) is 6.43. The van der Waals surface area contributed by atoms with E-state index in [-0.39, 0.29) is 23.5 Å². The molecule has 1 rings (SSSR count). The first-order chi connectivity index (χ1) is 9.36. The zero-order chi connectivity index (χ0) is 15.2. The third-order valence-electron chi connectivity index (χ3n) is 3.07. The molecule has 0 saturated heterocycles. The van der Waals surface area contributed by atoms with Crippen LogP contribution in [-0.2, 0) is 21.3 Å². The van der Waals surface area contributed by atoms with E-state index in [0.717, 1.165) is 0 Å². The summed E-state index contributed by atoms with van der Waals surface area (Å²) in [5.74, 6) is 2.71. The molecule has 0 aromatic heterocycles. The van der Waals surface area contributed by atoms with Gasteiger partial charge in [-0.25, -0.2) is 0 Å². The van der Waals surface area contributed by atoms with E-state index in [2.05, 4.69) is 5.92 Å². The summed E-state index contributed by atoms with van der Waals surface area (Å²) in [7, 11) is -4.19. The minimum atomic E-state index is -4.19. The SMILES string of the molecule is C#CCOC(CCc1ccccc1S(=O)(=O)O)C(C)C. The van der Waals surface area contributed by atoms with Gasteiger partial charge >= 0.3 is 0 Å². The fourth-order valence-corrected chi connectivity index (χ4v) is 2.78. The lowest BCUT2D eigenvalue weighted by Crippen LogP contribution is -2.21. The molecular weight excluding hydrogens is 276 g/mol. The predicted molar refractivity (Wildman–Crippen MR) is 78.0 cm³/mol. The van der Waals surface area contributed by atoms with Crippen LogP contribution in [0, 0.1) is 18.3 Å². The van der Waals surface area contributed by atoms with E-state index in [1.54, 1.807) is 18.2 Å². The molecule has 1 aromatic rings. The molecule has 0 fully saturated rings. The van der Waals surface area contributed by atoms with Gasteiger partial charge < -0.3 is 4.74 Å². The van der Waals surface area contributed by atoms with Crippen LogP contribution in [0.1, 0.15) is 25.8 Å². The van der Waals surface area contributed by atoms with Crippen molar-refractivity contribution in [3.63, 3.8) is 0 Å². The first-order valence-corrected chi connectivity index (χ1v) is 7.90. The van der Waals surface area contributed by atoms with Crippen molar-refractivity contribution in [1.82, 2.24) is 0 Å². The normalized spacial score (nSPS) is 13.2. The summed E-state index contributed by atoms with van der Waals surface area (Å²) in [5.41, 5.74) is 0.588. The lowest BCUT2D eigenvalue weighted by molar-refractivity contribution is 0.0375. The molecule has 110 valence electrons. The molecule has 0 saturated carbocycles. The van der Waals surface area contributed by atoms with Gasteiger partial charge in [-0.1, -0.05) is 38.0 Å². The third kappa shape index (κ3) is 4.97. The van der Waals surface area contributed by atoms with Crippen LogP contribution in [0.15, 0.2) is 29.2 Å². The van der Waals surface area contributed by atoms with E-state index < -0.39 is 10.1 Å². The van der Waals surface area contributed by atoms with Crippen LogP contribution in [-0.4, -0.2) is 25.7 Å². The highest BCUT2D eigenvalue weighted by Crippen LogP contribution is 2.20. The van der Waals surface area contributed by atoms with Crippen molar-refractivity contribution >= 4 is 10.1 Å². The molecule has 1 aromatic carbocycles. The molecule has 0 aliphatic heterocycles. The average molecular weight is 296 g/mol. The Bertz CT molecular complexity index is 570. The van der Waals surface area contributed by atoms with Gasteiger partial charge in [-0.3, -0.25) is 4.55 Å². The van der Waals surface area contributed by atoms with Crippen LogP contribution >= 0.6 is 0 Å². The number of terminal acetylenes is 1. The maximum Gasteiger partial charge on any atom is 0.294 e. The maximum atomic E-state index is 11.3. The van der Waals surface area contributed by atoms with Gasteiger partial charge in [0, 0.05) is 0 Å². The summed E-state index contributed by atoms with van der Waals surface area (Å²) < 4.78 is 37.4. The fourth-order valence-electron chi connectivity index (χ4n) is 2.02. The summed E-state index contributed by atoms with van der Waals surface area (Å²) in [6.45, 7) is 4.29. The number of hydrogen-bond donors (Lipinski definition) is 1. The molecule has 1 unspecified atom stereocenters. The molecule has 0 heterocycles. The number of aryl methyl sites for hydroxylation is 1. The summed E-state index contributed by atoms with van der Waals surface area (Å²) >= 11 is 0. The molecule has 5 heteroatoms. The van der Waals surface area contributed by atoms with Crippen molar-refractivity contribution in [2.75, 3.05) is 6.61 Å². The second-order valence-electron chi connectivity index (χ2n) is 4.92. The quantitative estimate of drug-likeness (QED) is 0.620. The molecule has 0 amide bonds. The molecule has 20 heavy (non-hydrogen) atoms. The predicted octanol–water partition coefficient (Wildman–Crippen LogP) is 2.54. The minimum absolute atomic E-state index is 0.0412. The van der Waals surface area contributed by atoms with Crippen molar-refractivity contribution in [1.29, 1.82) is 0 Å². The van der Waals surface area contributed by atoms with Crippen molar-refractivity contribution in [2.45, 2.75) is 37.7 Å². The van der Waals surface area contributed by atoms with Gasteiger partial charge in [-0.05, 0) is 30.4 Å². The van der Waals surface area contributed by atoms with E-state index >= 15 is 0 Å². The lowest BCUT2D eigenvalue weighted by atomic mass is 9.99. The number of rotatable bonds is 7. The number of hydrogen-bond acceptors (Lipinski definition) is 3. The first-order valence-electron chi connectivity index (χ1n) is 6.46. The van der Waals surface area contributed by atoms with Gasteiger partial charge in [-0.15, -0.1) is 6.42 Å². The molecule has 0 aliphatic carbocycles. The summed E-state index contributed by atoms with van der Waals surface area (Å²) in [5, 5.41) is 0. The van der Waals surface area contributed by atoms with Crippen LogP contribution in [0.3, 0.4) is 0 Å². The molecule has 4 nitrogen and oxygen atoms in total. The molecular formula is C15H20O4S. The molecule has 0 radical (unpaired) electrons. The Labute approximate surface area is 120 Å². The monoisotopic (exact) mass is 296 g/mol. The van der Waals surface area contributed by atoms with Crippen molar-refractivity contribution in [3.8, 4) is 12.3 Å². The highest BCUT2D eigenvalue weighted by Gasteiger charge is 2.18. The summed E-state index contributed by atoms with van der Waals surface area (Å²) in [6.07, 6.45) is 6.28. The van der Waals surface area contributed by atoms with E-state index in [9.17, 15) is 13.0 Å². The highest BCUT2D eigenvalue weighted by atomic mass is 32.2. The summed E-state index contributed by atoms with van der Waals surface area (Å²) in [4.78, 5) is -0.0422. The Balaban J connectivity index is 2.81. The third-order valence-corrected chi connectivity index (χ3v) is 4.03. The minimum Gasteiger partial charge on any atom is -0.365 e. The Hall–Kier alpha value is -1.35. The molecule has 0 aliphatic rings. The smallest absolute Gasteiger partial charge is 0.294 e. The first kappa shape index (κ1) is 16.7. The zero-order valence-electron chi connectivity index (χ0n) is 11.7. The molecule has 0 spiro atoms. The van der Waals surface area contributed by atoms with Crippen LogP contribution in [0.25, 0.3) is 0 Å². The molecule has 1 N–H and O–H groups in total. The second-order valence-corrected chi connectivity index (χ2v) is 6.31. The van der Waals surface area contributed by atoms with Crippen molar-refractivity contribution in [3.05, 3.63) is 29.8 Å². The van der Waals surface area contributed by atoms with Gasteiger partial charge in [0.1, 0.15) is 6.61 Å². The lowest BCUT2D eigenvalue weighted by Gasteiger charge is -2.20. The fraction of sp³-hybridized carbons (Fsp3) is 0.467. The maximum absolute atomic E-state index is 11.3. The van der Waals surface area contributed by atoms with Gasteiger partial charge in [0.2, 0.25) is 0 Å². The largest absolute Gasteiger partial charge is 0.365 e. The highest BCUT2D eigenvalue weighted by molar-refractivity contribution is 7.85. The van der Waals surface area contributed by atoms with Crippen molar-refractivity contribution < 1.29 is 17.7 Å². The van der Waals surface area contributed by atoms with E-state index in [4.69, 9.17) is 11.2 Å². The number of ether oxygens (including phenoxy) is 1. The van der Waals surface area contributed by atoms with Crippen LogP contribution in [0.2, 0.25) is 0 Å². The van der Waals surface area contributed by atoms with Crippen LogP contribution in [0.4, 0.5) is 0 Å². The Kier molecular flexibility index (Phi) is 6.21. The van der Waals surface area contributed by atoms with Crippen LogP contribution in [0.5, 0.6) is 0 Å². The standard InChI is InChI=1S/C15H20O4S/c1-4-11-19-14(12(2)3)10-9-13-7-5-6-8-15(13)20(16,17)18/h1,5-8,12,14H,9-11H2,2-3H3,(H,16,17,18). The topological polar surface area (TPSA) is 63.6 Å². The van der Waals surface area contributed by atoms with E-state index in [1.807, 2.05) is 13.8 Å². The van der Waals surface area contributed by atoms with Gasteiger partial charge in [0.15, 0.2) is 0 Å². The Morgan fingerprint density at radius 1 is 1.35 bits per heavy atom. The average Bonchev–Trinajstić information content (AvgIpc) is 2.37. The van der Waals surface area contributed by atoms with Gasteiger partial charge in [0.25, 0.3) is 10.1 Å². The number of benzene rings is 1. The Morgan fingerprint density at radius 2 is 2.00 bits per heavy atom. The van der Waals surface area contributed by atoms with E-state index in [1.165, 1.54) is 6.07 Å². The van der Waals surface area contributed by atoms with Crippen LogP contribution < -0.4 is 0 Å². The van der Waals surface area contributed by atoms with Gasteiger partial charge in [0.05, 0.1) is 11.0 Å². The second kappa shape index (κ2) is 7.44. The zero-order valence-corrected chi connectivity index (χ0v) is 12.6. The van der Waals surface area contributed by atoms with E-state index in [0.29, 0.717) is 18.4 Å². The van der Waals surface area contributed by atoms with Gasteiger partial charge in [-0.2, -0.15) is 8.42 Å². The Morgan fingerprint density at radius 3 is 2.55 bits per heavy atom. The molecule has 1 atom stereocenters.